The number of amides is 1. The zero-order valence-electron chi connectivity index (χ0n) is 20.3. The molecule has 1 aromatic carbocycles. The van der Waals surface area contributed by atoms with E-state index in [0.29, 0.717) is 22.8 Å². The first kappa shape index (κ1) is 22.8. The van der Waals surface area contributed by atoms with Gasteiger partial charge in [-0.05, 0) is 49.2 Å². The lowest BCUT2D eigenvalue weighted by molar-refractivity contribution is -0.120. The van der Waals surface area contributed by atoms with E-state index in [2.05, 4.69) is 30.5 Å². The van der Waals surface area contributed by atoms with Gasteiger partial charge in [-0.15, -0.1) is 15.3 Å². The Morgan fingerprint density at radius 2 is 1.97 bits per heavy atom. The molecule has 4 aromatic heterocycles. The van der Waals surface area contributed by atoms with Crippen molar-refractivity contribution in [3.63, 3.8) is 0 Å². The molecule has 6 rings (SSSR count). The first-order chi connectivity index (χ1) is 18.2. The Labute approximate surface area is 212 Å². The molecule has 11 nitrogen and oxygen atoms in total. The molecule has 0 unspecified atom stereocenters. The van der Waals surface area contributed by atoms with Crippen LogP contribution in [0.15, 0.2) is 67.3 Å². The molecule has 1 aliphatic rings. The van der Waals surface area contributed by atoms with E-state index in [0.717, 1.165) is 43.1 Å². The Kier molecular flexibility index (Phi) is 6.01. The Bertz CT molecular complexity index is 1520. The largest absolute Gasteiger partial charge is 0.493 e. The van der Waals surface area contributed by atoms with E-state index >= 15 is 0 Å². The second kappa shape index (κ2) is 9.76. The summed E-state index contributed by atoms with van der Waals surface area (Å²) >= 11 is 0. The number of hydrogen-bond donors (Lipinski definition) is 1. The molecule has 1 N–H and O–H groups in total. The maximum absolute atomic E-state index is 13.0. The molecule has 5 heterocycles. The van der Waals surface area contributed by atoms with Gasteiger partial charge in [-0.3, -0.25) is 4.79 Å². The van der Waals surface area contributed by atoms with Gasteiger partial charge in [0, 0.05) is 43.2 Å². The van der Waals surface area contributed by atoms with Crippen molar-refractivity contribution in [3.8, 4) is 11.5 Å². The minimum absolute atomic E-state index is 0.00154. The number of imidazole rings is 1. The van der Waals surface area contributed by atoms with Crippen LogP contribution in [0.5, 0.6) is 11.5 Å². The van der Waals surface area contributed by atoms with Gasteiger partial charge in [0.1, 0.15) is 24.4 Å². The van der Waals surface area contributed by atoms with E-state index in [1.807, 2.05) is 53.2 Å². The van der Waals surface area contributed by atoms with Crippen LogP contribution in [0, 0.1) is 5.92 Å². The standard InChI is InChI=1S/C26H26N8O3/c1-36-21-6-5-19(14-22(21)37-16-20-15-33-11-3-2-4-23(33)28-20)29-26(35)18-9-12-32(13-10-18)25-8-7-24-30-27-17-34(24)31-25/h2-8,11,14-15,17-18H,9-10,12-13,16H2,1H3,(H,29,35). The van der Waals surface area contributed by atoms with Gasteiger partial charge < -0.3 is 24.1 Å². The Morgan fingerprint density at radius 3 is 2.81 bits per heavy atom. The predicted molar refractivity (Wildman–Crippen MR) is 137 cm³/mol. The molecule has 1 aliphatic heterocycles. The van der Waals surface area contributed by atoms with Crippen molar-refractivity contribution in [2.75, 3.05) is 30.4 Å². The molecule has 5 aromatic rings. The number of nitrogens with zero attached hydrogens (tertiary/aromatic N) is 7. The van der Waals surface area contributed by atoms with E-state index in [4.69, 9.17) is 9.47 Å². The molecular formula is C26H26N8O3. The zero-order chi connectivity index (χ0) is 25.2. The molecular weight excluding hydrogens is 472 g/mol. The van der Waals surface area contributed by atoms with E-state index in [-0.39, 0.29) is 18.4 Å². The summed E-state index contributed by atoms with van der Waals surface area (Å²) in [5.74, 6) is 1.90. The highest BCUT2D eigenvalue weighted by Crippen LogP contribution is 2.32. The number of fused-ring (bicyclic) bond motifs is 2. The van der Waals surface area contributed by atoms with E-state index in [1.165, 1.54) is 0 Å². The predicted octanol–water partition coefficient (Wildman–Crippen LogP) is 3.21. The number of pyridine rings is 1. The number of methoxy groups -OCH3 is 1. The number of anilines is 2. The van der Waals surface area contributed by atoms with Crippen molar-refractivity contribution in [3.05, 3.63) is 72.9 Å². The maximum Gasteiger partial charge on any atom is 0.227 e. The van der Waals surface area contributed by atoms with Crippen LogP contribution in [0.2, 0.25) is 0 Å². The number of hydrogen-bond acceptors (Lipinski definition) is 8. The first-order valence-electron chi connectivity index (χ1n) is 12.1. The molecule has 0 radical (unpaired) electrons. The number of piperidine rings is 1. The van der Waals surface area contributed by atoms with Crippen LogP contribution in [0.25, 0.3) is 11.3 Å². The molecule has 37 heavy (non-hydrogen) atoms. The number of benzene rings is 1. The molecule has 1 saturated heterocycles. The lowest BCUT2D eigenvalue weighted by Crippen LogP contribution is -2.38. The molecule has 1 amide bonds. The summed E-state index contributed by atoms with van der Waals surface area (Å²) in [7, 11) is 1.59. The number of ether oxygens (including phenoxy) is 2. The lowest BCUT2D eigenvalue weighted by Gasteiger charge is -2.32. The van der Waals surface area contributed by atoms with Crippen molar-refractivity contribution < 1.29 is 14.3 Å². The summed E-state index contributed by atoms with van der Waals surface area (Å²) in [5.41, 5.74) is 3.03. The average Bonchev–Trinajstić information content (AvgIpc) is 3.58. The van der Waals surface area contributed by atoms with Crippen LogP contribution in [-0.2, 0) is 11.4 Å². The monoisotopic (exact) mass is 498 g/mol. The molecule has 188 valence electrons. The topological polar surface area (TPSA) is 111 Å². The fourth-order valence-corrected chi connectivity index (χ4v) is 4.58. The Morgan fingerprint density at radius 1 is 1.08 bits per heavy atom. The van der Waals surface area contributed by atoms with Gasteiger partial charge >= 0.3 is 0 Å². The summed E-state index contributed by atoms with van der Waals surface area (Å²) in [6.45, 7) is 1.77. The SMILES string of the molecule is COc1ccc(NC(=O)C2CCN(c3ccc4nncn4n3)CC2)cc1OCc1cn2ccccc2n1. The average molecular weight is 499 g/mol. The minimum Gasteiger partial charge on any atom is -0.493 e. The quantitative estimate of drug-likeness (QED) is 0.364. The van der Waals surface area contributed by atoms with Gasteiger partial charge in [0.25, 0.3) is 0 Å². The van der Waals surface area contributed by atoms with E-state index < -0.39 is 0 Å². The number of carbonyl (C=O) groups excluding carboxylic acids is 1. The molecule has 11 heteroatoms. The van der Waals surface area contributed by atoms with Gasteiger partial charge in [0.05, 0.1) is 12.8 Å². The molecule has 0 aliphatic carbocycles. The number of nitrogens with one attached hydrogen (secondary N) is 1. The van der Waals surface area contributed by atoms with Crippen LogP contribution < -0.4 is 19.7 Å². The van der Waals surface area contributed by atoms with Gasteiger partial charge in [-0.1, -0.05) is 6.07 Å². The van der Waals surface area contributed by atoms with Gasteiger partial charge in [-0.2, -0.15) is 4.52 Å². The highest BCUT2D eigenvalue weighted by molar-refractivity contribution is 5.93. The second-order valence-electron chi connectivity index (χ2n) is 8.93. The number of rotatable bonds is 7. The zero-order valence-corrected chi connectivity index (χ0v) is 20.3. The highest BCUT2D eigenvalue weighted by Gasteiger charge is 2.26. The van der Waals surface area contributed by atoms with Gasteiger partial charge in [0.2, 0.25) is 5.91 Å². The fourth-order valence-electron chi connectivity index (χ4n) is 4.58. The van der Waals surface area contributed by atoms with Gasteiger partial charge in [-0.25, -0.2) is 4.98 Å². The molecule has 0 saturated carbocycles. The molecule has 0 bridgehead atoms. The van der Waals surface area contributed by atoms with Crippen LogP contribution in [-0.4, -0.2) is 55.3 Å². The fraction of sp³-hybridized carbons (Fsp3) is 0.269. The first-order valence-corrected chi connectivity index (χ1v) is 12.1. The normalized spacial score (nSPS) is 14.2. The number of carbonyl (C=O) groups is 1. The van der Waals surface area contributed by atoms with Crippen molar-refractivity contribution in [1.29, 1.82) is 0 Å². The van der Waals surface area contributed by atoms with Crippen molar-refractivity contribution >= 4 is 28.7 Å². The Balaban J connectivity index is 1.08. The third-order valence-electron chi connectivity index (χ3n) is 6.56. The number of aromatic nitrogens is 6. The Hall–Kier alpha value is -4.67. The highest BCUT2D eigenvalue weighted by atomic mass is 16.5. The molecule has 1 fully saturated rings. The summed E-state index contributed by atoms with van der Waals surface area (Å²) < 4.78 is 15.1. The van der Waals surface area contributed by atoms with E-state index in [1.54, 1.807) is 30.1 Å². The third kappa shape index (κ3) is 4.75. The minimum atomic E-state index is -0.0839. The maximum atomic E-state index is 13.0. The van der Waals surface area contributed by atoms with Crippen LogP contribution in [0.1, 0.15) is 18.5 Å². The van der Waals surface area contributed by atoms with Gasteiger partial charge in [0.15, 0.2) is 17.1 Å². The van der Waals surface area contributed by atoms with E-state index in [9.17, 15) is 4.79 Å². The summed E-state index contributed by atoms with van der Waals surface area (Å²) in [6.07, 6.45) is 6.94. The van der Waals surface area contributed by atoms with Crippen molar-refractivity contribution in [1.82, 2.24) is 29.2 Å². The second-order valence-corrected chi connectivity index (χ2v) is 8.93. The third-order valence-corrected chi connectivity index (χ3v) is 6.56. The van der Waals surface area contributed by atoms with Crippen LogP contribution in [0.4, 0.5) is 11.5 Å². The van der Waals surface area contributed by atoms with Crippen LogP contribution >= 0.6 is 0 Å². The smallest absolute Gasteiger partial charge is 0.227 e. The van der Waals surface area contributed by atoms with Crippen molar-refractivity contribution in [2.24, 2.45) is 5.92 Å². The summed E-state index contributed by atoms with van der Waals surface area (Å²) in [6, 6.07) is 15.1. The molecule has 0 atom stereocenters. The summed E-state index contributed by atoms with van der Waals surface area (Å²) in [4.78, 5) is 19.8. The lowest BCUT2D eigenvalue weighted by atomic mass is 9.96. The summed E-state index contributed by atoms with van der Waals surface area (Å²) in [5, 5.41) is 15.5. The molecule has 0 spiro atoms. The van der Waals surface area contributed by atoms with Crippen molar-refractivity contribution in [2.45, 2.75) is 19.4 Å². The van der Waals surface area contributed by atoms with Crippen LogP contribution in [0.3, 0.4) is 0 Å².